The lowest BCUT2D eigenvalue weighted by molar-refractivity contribution is 0.0944. The Morgan fingerprint density at radius 2 is 2.29 bits per heavy atom. The maximum atomic E-state index is 11.9. The van der Waals surface area contributed by atoms with Gasteiger partial charge in [-0.3, -0.25) is 4.79 Å². The average molecular weight is 294 g/mol. The fourth-order valence-corrected chi connectivity index (χ4v) is 1.84. The van der Waals surface area contributed by atoms with E-state index in [9.17, 15) is 4.79 Å². The van der Waals surface area contributed by atoms with Gasteiger partial charge in [0.25, 0.3) is 5.91 Å². The van der Waals surface area contributed by atoms with E-state index in [0.717, 1.165) is 22.9 Å². The quantitative estimate of drug-likeness (QED) is 0.848. The molecule has 0 aliphatic carbocycles. The molecule has 3 heteroatoms. The van der Waals surface area contributed by atoms with Gasteiger partial charge in [-0.25, -0.2) is 0 Å². The Bertz CT molecular complexity index is 448. The smallest absolute Gasteiger partial charge is 0.252 e. The molecule has 0 heterocycles. The summed E-state index contributed by atoms with van der Waals surface area (Å²) >= 11 is 3.41. The Morgan fingerprint density at radius 1 is 1.59 bits per heavy atom. The molecule has 1 amide bonds. The van der Waals surface area contributed by atoms with Crippen molar-refractivity contribution in [1.29, 1.82) is 0 Å². The first-order valence-electron chi connectivity index (χ1n) is 5.61. The summed E-state index contributed by atoms with van der Waals surface area (Å²) in [5.41, 5.74) is 1.72. The van der Waals surface area contributed by atoms with Crippen LogP contribution in [0.1, 0.15) is 35.7 Å². The molecule has 0 aromatic heterocycles. The predicted molar refractivity (Wildman–Crippen MR) is 73.9 cm³/mol. The minimum atomic E-state index is -0.187. The van der Waals surface area contributed by atoms with Crippen LogP contribution in [0.25, 0.3) is 0 Å². The van der Waals surface area contributed by atoms with Crippen molar-refractivity contribution in [1.82, 2.24) is 5.32 Å². The molecule has 0 radical (unpaired) electrons. The third-order valence-corrected chi connectivity index (χ3v) is 3.37. The van der Waals surface area contributed by atoms with E-state index in [1.165, 1.54) is 0 Å². The van der Waals surface area contributed by atoms with Gasteiger partial charge in [-0.15, -0.1) is 6.42 Å². The van der Waals surface area contributed by atoms with E-state index in [4.69, 9.17) is 6.42 Å². The van der Waals surface area contributed by atoms with Crippen molar-refractivity contribution < 1.29 is 4.79 Å². The van der Waals surface area contributed by atoms with E-state index >= 15 is 0 Å². The van der Waals surface area contributed by atoms with E-state index in [-0.39, 0.29) is 11.9 Å². The topological polar surface area (TPSA) is 29.1 Å². The minimum Gasteiger partial charge on any atom is -0.338 e. The highest BCUT2D eigenvalue weighted by Gasteiger charge is 2.11. The lowest BCUT2D eigenvalue weighted by Crippen LogP contribution is -2.33. The number of amides is 1. The van der Waals surface area contributed by atoms with Crippen LogP contribution >= 0.6 is 15.9 Å². The number of hydrogen-bond donors (Lipinski definition) is 1. The average Bonchev–Trinajstić information content (AvgIpc) is 2.31. The molecule has 0 fully saturated rings. The largest absolute Gasteiger partial charge is 0.338 e. The Morgan fingerprint density at radius 3 is 2.82 bits per heavy atom. The second-order valence-corrected chi connectivity index (χ2v) is 4.80. The first-order chi connectivity index (χ1) is 8.08. The van der Waals surface area contributed by atoms with Gasteiger partial charge >= 0.3 is 0 Å². The van der Waals surface area contributed by atoms with E-state index in [1.54, 1.807) is 6.07 Å². The van der Waals surface area contributed by atoms with Crippen molar-refractivity contribution in [3.05, 3.63) is 33.8 Å². The predicted octanol–water partition coefficient (Wildman–Crippen LogP) is 3.29. The third kappa shape index (κ3) is 3.90. The van der Waals surface area contributed by atoms with Gasteiger partial charge < -0.3 is 5.32 Å². The molecule has 90 valence electrons. The van der Waals surface area contributed by atoms with Crippen LogP contribution in [0.5, 0.6) is 0 Å². The molecule has 17 heavy (non-hydrogen) atoms. The number of hydrogen-bond acceptors (Lipinski definition) is 1. The van der Waals surface area contributed by atoms with Crippen molar-refractivity contribution in [3.8, 4) is 12.3 Å². The van der Waals surface area contributed by atoms with Gasteiger partial charge in [0.05, 0.1) is 6.04 Å². The Kier molecular flexibility index (Phi) is 5.24. The molecule has 0 bridgehead atoms. The highest BCUT2D eigenvalue weighted by Crippen LogP contribution is 2.17. The molecule has 2 nitrogen and oxygen atoms in total. The summed E-state index contributed by atoms with van der Waals surface area (Å²) in [6.45, 7) is 4.02. The Balaban J connectivity index is 2.76. The van der Waals surface area contributed by atoms with Gasteiger partial charge in [0.1, 0.15) is 0 Å². The van der Waals surface area contributed by atoms with E-state index in [0.29, 0.717) is 5.56 Å². The number of benzene rings is 1. The van der Waals surface area contributed by atoms with Gasteiger partial charge in [-0.05, 0) is 31.0 Å². The number of rotatable bonds is 4. The van der Waals surface area contributed by atoms with Crippen LogP contribution in [0.4, 0.5) is 0 Å². The van der Waals surface area contributed by atoms with Gasteiger partial charge in [0.2, 0.25) is 0 Å². The van der Waals surface area contributed by atoms with Crippen LogP contribution in [-0.4, -0.2) is 11.9 Å². The van der Waals surface area contributed by atoms with Crippen LogP contribution in [0.2, 0.25) is 0 Å². The lowest BCUT2D eigenvalue weighted by atomic mass is 10.1. The van der Waals surface area contributed by atoms with Crippen molar-refractivity contribution in [2.75, 3.05) is 0 Å². The summed E-state index contributed by atoms with van der Waals surface area (Å²) in [6, 6.07) is 5.33. The molecule has 1 atom stereocenters. The fourth-order valence-electron chi connectivity index (χ4n) is 1.46. The third-order valence-electron chi connectivity index (χ3n) is 2.52. The normalized spacial score (nSPS) is 11.6. The van der Waals surface area contributed by atoms with E-state index in [1.807, 2.05) is 26.0 Å². The van der Waals surface area contributed by atoms with Crippen molar-refractivity contribution >= 4 is 21.8 Å². The molecule has 1 rings (SSSR count). The highest BCUT2D eigenvalue weighted by atomic mass is 79.9. The number of carbonyl (C=O) groups excluding carboxylic acids is 1. The summed E-state index contributed by atoms with van der Waals surface area (Å²) in [4.78, 5) is 11.9. The maximum absolute atomic E-state index is 11.9. The zero-order valence-electron chi connectivity index (χ0n) is 10.1. The van der Waals surface area contributed by atoms with Gasteiger partial charge in [0, 0.05) is 10.0 Å². The van der Waals surface area contributed by atoms with Crippen LogP contribution in [-0.2, 0) is 0 Å². The van der Waals surface area contributed by atoms with Crippen LogP contribution in [0, 0.1) is 19.3 Å². The number of nitrogens with one attached hydrogen (secondary N) is 1. The summed E-state index contributed by atoms with van der Waals surface area (Å²) in [7, 11) is 0. The lowest BCUT2D eigenvalue weighted by Gasteiger charge is -2.12. The second-order valence-electron chi connectivity index (χ2n) is 3.95. The van der Waals surface area contributed by atoms with Crippen LogP contribution in [0.3, 0.4) is 0 Å². The molecule has 1 unspecified atom stereocenters. The molecular weight excluding hydrogens is 278 g/mol. The number of halogens is 1. The van der Waals surface area contributed by atoms with Gasteiger partial charge in [0.15, 0.2) is 0 Å². The van der Waals surface area contributed by atoms with Crippen molar-refractivity contribution in [3.63, 3.8) is 0 Å². The van der Waals surface area contributed by atoms with Crippen LogP contribution in [0.15, 0.2) is 22.7 Å². The van der Waals surface area contributed by atoms with Crippen molar-refractivity contribution in [2.45, 2.75) is 32.7 Å². The summed E-state index contributed by atoms with van der Waals surface area (Å²) in [5.74, 6) is 2.46. The zero-order valence-corrected chi connectivity index (χ0v) is 11.7. The molecule has 0 saturated heterocycles. The second kappa shape index (κ2) is 6.46. The van der Waals surface area contributed by atoms with E-state index in [2.05, 4.69) is 27.2 Å². The SMILES string of the molecule is C#CC(CCC)NC(=O)c1ccc(C)c(Br)c1. The number of aryl methyl sites for hydroxylation is 1. The van der Waals surface area contributed by atoms with Gasteiger partial charge in [-0.1, -0.05) is 41.3 Å². The maximum Gasteiger partial charge on any atom is 0.252 e. The molecule has 0 aliphatic rings. The molecular formula is C14H16BrNO. The highest BCUT2D eigenvalue weighted by molar-refractivity contribution is 9.10. The zero-order chi connectivity index (χ0) is 12.8. The number of terminal acetylenes is 1. The first-order valence-corrected chi connectivity index (χ1v) is 6.41. The summed E-state index contributed by atoms with van der Waals surface area (Å²) < 4.78 is 0.929. The Labute approximate surface area is 111 Å². The molecule has 1 N–H and O–H groups in total. The monoisotopic (exact) mass is 293 g/mol. The minimum absolute atomic E-state index is 0.123. The molecule has 1 aromatic rings. The van der Waals surface area contributed by atoms with Gasteiger partial charge in [-0.2, -0.15) is 0 Å². The van der Waals surface area contributed by atoms with Crippen LogP contribution < -0.4 is 5.32 Å². The molecule has 0 aliphatic heterocycles. The molecule has 1 aromatic carbocycles. The Hall–Kier alpha value is -1.27. The number of carbonyl (C=O) groups is 1. The molecule has 0 spiro atoms. The van der Waals surface area contributed by atoms with E-state index < -0.39 is 0 Å². The summed E-state index contributed by atoms with van der Waals surface area (Å²) in [5, 5.41) is 2.83. The molecule has 0 saturated carbocycles. The fraction of sp³-hybridized carbons (Fsp3) is 0.357. The first kappa shape index (κ1) is 13.8. The standard InChI is InChI=1S/C14H16BrNO/c1-4-6-12(5-2)16-14(17)11-8-7-10(3)13(15)9-11/h2,7-9,12H,4,6H2,1,3H3,(H,16,17). The summed E-state index contributed by atoms with van der Waals surface area (Å²) in [6.07, 6.45) is 7.12. The van der Waals surface area contributed by atoms with Crippen molar-refractivity contribution in [2.24, 2.45) is 0 Å².